The number of sulfonamides is 1. The van der Waals surface area contributed by atoms with Crippen LogP contribution in [-0.2, 0) is 21.2 Å². The molecule has 0 atom stereocenters. The van der Waals surface area contributed by atoms with Crippen molar-refractivity contribution in [3.05, 3.63) is 48.2 Å². The number of benzene rings is 2. The van der Waals surface area contributed by atoms with Crippen molar-refractivity contribution in [1.29, 1.82) is 0 Å². The maximum absolute atomic E-state index is 12.5. The lowest BCUT2D eigenvalue weighted by molar-refractivity contribution is -0.115. The lowest BCUT2D eigenvalue weighted by Gasteiger charge is -2.09. The Labute approximate surface area is 131 Å². The Morgan fingerprint density at radius 3 is 2.87 bits per heavy atom. The van der Waals surface area contributed by atoms with E-state index in [9.17, 15) is 13.2 Å². The third kappa shape index (κ3) is 2.42. The van der Waals surface area contributed by atoms with Gasteiger partial charge in [-0.25, -0.2) is 8.42 Å². The molecule has 3 N–H and O–H groups in total. The van der Waals surface area contributed by atoms with Crippen molar-refractivity contribution in [3.8, 4) is 0 Å². The summed E-state index contributed by atoms with van der Waals surface area (Å²) in [6.07, 6.45) is 1.82. The van der Waals surface area contributed by atoms with Gasteiger partial charge in [-0.15, -0.1) is 0 Å². The quantitative estimate of drug-likeness (QED) is 0.682. The minimum absolute atomic E-state index is 0.125. The molecule has 0 fully saturated rings. The van der Waals surface area contributed by atoms with E-state index >= 15 is 0 Å². The number of fused-ring (bicyclic) bond motifs is 2. The average molecular weight is 328 g/mol. The predicted molar refractivity (Wildman–Crippen MR) is 85.7 cm³/mol. The van der Waals surface area contributed by atoms with Gasteiger partial charge in [-0.2, -0.15) is 5.10 Å². The van der Waals surface area contributed by atoms with Crippen LogP contribution in [0.2, 0.25) is 0 Å². The minimum Gasteiger partial charge on any atom is -0.326 e. The van der Waals surface area contributed by atoms with Gasteiger partial charge in [-0.3, -0.25) is 14.6 Å². The Morgan fingerprint density at radius 1 is 1.13 bits per heavy atom. The summed E-state index contributed by atoms with van der Waals surface area (Å²) < 4.78 is 27.6. The van der Waals surface area contributed by atoms with Crippen LogP contribution in [0.1, 0.15) is 5.56 Å². The lowest BCUT2D eigenvalue weighted by atomic mass is 10.2. The molecule has 0 radical (unpaired) electrons. The molecule has 0 saturated carbocycles. The van der Waals surface area contributed by atoms with E-state index in [0.717, 1.165) is 10.9 Å². The zero-order chi connectivity index (χ0) is 16.0. The van der Waals surface area contributed by atoms with Crippen LogP contribution < -0.4 is 10.0 Å². The van der Waals surface area contributed by atoms with Gasteiger partial charge in [0.2, 0.25) is 5.91 Å². The third-order valence-corrected chi connectivity index (χ3v) is 5.08. The van der Waals surface area contributed by atoms with Gasteiger partial charge < -0.3 is 5.32 Å². The highest BCUT2D eigenvalue weighted by Gasteiger charge is 2.22. The molecule has 3 aromatic rings. The molecule has 1 aliphatic rings. The molecule has 0 unspecified atom stereocenters. The normalized spacial score (nSPS) is 13.8. The molecule has 7 nitrogen and oxygen atoms in total. The highest BCUT2D eigenvalue weighted by Crippen LogP contribution is 2.27. The zero-order valence-corrected chi connectivity index (χ0v) is 12.6. The van der Waals surface area contributed by atoms with E-state index in [2.05, 4.69) is 20.2 Å². The molecular weight excluding hydrogens is 316 g/mol. The molecule has 8 heteroatoms. The number of hydrogen-bond donors (Lipinski definition) is 3. The molecule has 1 aliphatic heterocycles. The largest absolute Gasteiger partial charge is 0.326 e. The van der Waals surface area contributed by atoms with Gasteiger partial charge in [0.05, 0.1) is 23.0 Å². The lowest BCUT2D eigenvalue weighted by Crippen LogP contribution is -2.13. The van der Waals surface area contributed by atoms with Gasteiger partial charge in [0.15, 0.2) is 0 Å². The molecule has 1 amide bonds. The van der Waals surface area contributed by atoms with E-state index in [1.807, 2.05) is 0 Å². The highest BCUT2D eigenvalue weighted by atomic mass is 32.2. The van der Waals surface area contributed by atoms with Crippen LogP contribution in [0.3, 0.4) is 0 Å². The van der Waals surface area contributed by atoms with Crippen molar-refractivity contribution in [2.24, 2.45) is 0 Å². The molecular formula is C15H12N4O3S. The number of carbonyl (C=O) groups excluding carboxylic acids is 1. The molecule has 23 heavy (non-hydrogen) atoms. The summed E-state index contributed by atoms with van der Waals surface area (Å²) in [6, 6.07) is 9.72. The Morgan fingerprint density at radius 2 is 2.00 bits per heavy atom. The smallest absolute Gasteiger partial charge is 0.261 e. The number of anilines is 2. The second-order valence-electron chi connectivity index (χ2n) is 5.32. The topological polar surface area (TPSA) is 104 Å². The van der Waals surface area contributed by atoms with Crippen LogP contribution >= 0.6 is 0 Å². The van der Waals surface area contributed by atoms with E-state index in [-0.39, 0.29) is 17.2 Å². The van der Waals surface area contributed by atoms with Crippen LogP contribution in [0.5, 0.6) is 0 Å². The molecule has 116 valence electrons. The Balaban J connectivity index is 1.67. The molecule has 2 heterocycles. The molecule has 0 aliphatic carbocycles. The first-order valence-corrected chi connectivity index (χ1v) is 8.38. The van der Waals surface area contributed by atoms with Gasteiger partial charge >= 0.3 is 0 Å². The summed E-state index contributed by atoms with van der Waals surface area (Å²) in [5.74, 6) is -0.132. The van der Waals surface area contributed by atoms with Crippen molar-refractivity contribution in [2.45, 2.75) is 11.3 Å². The Hall–Kier alpha value is -2.87. The number of carbonyl (C=O) groups is 1. The van der Waals surface area contributed by atoms with Crippen LogP contribution in [0.15, 0.2) is 47.5 Å². The minimum atomic E-state index is -3.72. The van der Waals surface area contributed by atoms with E-state index in [0.29, 0.717) is 16.9 Å². The van der Waals surface area contributed by atoms with Crippen LogP contribution in [0.25, 0.3) is 10.9 Å². The SMILES string of the molecule is O=C1Cc2cc(S(=O)(=O)Nc3ccc4[nH]ncc4c3)ccc2N1. The van der Waals surface area contributed by atoms with Gasteiger partial charge in [-0.05, 0) is 42.0 Å². The van der Waals surface area contributed by atoms with Crippen LogP contribution in [0, 0.1) is 0 Å². The predicted octanol–water partition coefficient (Wildman–Crippen LogP) is 1.86. The monoisotopic (exact) mass is 328 g/mol. The summed E-state index contributed by atoms with van der Waals surface area (Å²) in [6.45, 7) is 0. The number of hydrogen-bond acceptors (Lipinski definition) is 4. The summed E-state index contributed by atoms with van der Waals surface area (Å²) in [5, 5.41) is 10.2. The zero-order valence-electron chi connectivity index (χ0n) is 11.8. The first kappa shape index (κ1) is 13.8. The molecule has 4 rings (SSSR count). The van der Waals surface area contributed by atoms with E-state index < -0.39 is 10.0 Å². The fourth-order valence-corrected chi connectivity index (χ4v) is 3.69. The summed E-state index contributed by atoms with van der Waals surface area (Å²) in [7, 11) is -3.72. The number of H-pyrrole nitrogens is 1. The van der Waals surface area contributed by atoms with Crippen molar-refractivity contribution in [1.82, 2.24) is 10.2 Å². The van der Waals surface area contributed by atoms with Gasteiger partial charge in [0.1, 0.15) is 0 Å². The third-order valence-electron chi connectivity index (χ3n) is 3.70. The standard InChI is InChI=1S/C15H12N4O3S/c20-15-7-9-6-12(2-4-13(9)17-15)23(21,22)19-11-1-3-14-10(5-11)8-16-18-14/h1-6,8,19H,7H2,(H,16,18)(H,17,20). The van der Waals surface area contributed by atoms with Gasteiger partial charge in [0, 0.05) is 16.8 Å². The average Bonchev–Trinajstić information content (AvgIpc) is 3.10. The van der Waals surface area contributed by atoms with Crippen molar-refractivity contribution >= 4 is 38.2 Å². The maximum Gasteiger partial charge on any atom is 0.261 e. The molecule has 0 bridgehead atoms. The van der Waals surface area contributed by atoms with E-state index in [4.69, 9.17) is 0 Å². The highest BCUT2D eigenvalue weighted by molar-refractivity contribution is 7.92. The fraction of sp³-hybridized carbons (Fsp3) is 0.0667. The van der Waals surface area contributed by atoms with Gasteiger partial charge in [0.25, 0.3) is 10.0 Å². The van der Waals surface area contributed by atoms with Crippen LogP contribution in [-0.4, -0.2) is 24.5 Å². The van der Waals surface area contributed by atoms with Crippen molar-refractivity contribution in [3.63, 3.8) is 0 Å². The maximum atomic E-state index is 12.5. The summed E-state index contributed by atoms with van der Waals surface area (Å²) in [5.41, 5.74) is 2.63. The first-order valence-electron chi connectivity index (χ1n) is 6.90. The molecule has 0 spiro atoms. The Bertz CT molecular complexity index is 1040. The number of rotatable bonds is 3. The van der Waals surface area contributed by atoms with Gasteiger partial charge in [-0.1, -0.05) is 0 Å². The summed E-state index contributed by atoms with van der Waals surface area (Å²) >= 11 is 0. The number of amides is 1. The van der Waals surface area contributed by atoms with E-state index in [1.54, 1.807) is 30.5 Å². The summed E-state index contributed by atoms with van der Waals surface area (Å²) in [4.78, 5) is 11.5. The fourth-order valence-electron chi connectivity index (χ4n) is 2.59. The molecule has 1 aromatic heterocycles. The van der Waals surface area contributed by atoms with E-state index in [1.165, 1.54) is 12.1 Å². The number of nitrogens with one attached hydrogen (secondary N) is 3. The molecule has 2 aromatic carbocycles. The second kappa shape index (κ2) is 4.82. The van der Waals surface area contributed by atoms with Crippen molar-refractivity contribution < 1.29 is 13.2 Å². The molecule has 0 saturated heterocycles. The Kier molecular flexibility index (Phi) is 2.88. The number of nitrogens with zero attached hydrogens (tertiary/aromatic N) is 1. The number of aromatic amines is 1. The second-order valence-corrected chi connectivity index (χ2v) is 7.00. The van der Waals surface area contributed by atoms with Crippen molar-refractivity contribution in [2.75, 3.05) is 10.0 Å². The van der Waals surface area contributed by atoms with Crippen LogP contribution in [0.4, 0.5) is 11.4 Å². The first-order chi connectivity index (χ1) is 11.0. The number of aromatic nitrogens is 2.